The van der Waals surface area contributed by atoms with Crippen LogP contribution in [-0.4, -0.2) is 46.1 Å². The van der Waals surface area contributed by atoms with E-state index in [1.54, 1.807) is 66.0 Å². The van der Waals surface area contributed by atoms with Crippen molar-refractivity contribution >= 4 is 17.8 Å². The third kappa shape index (κ3) is 3.98. The second-order valence-corrected chi connectivity index (χ2v) is 8.40. The molecule has 0 aromatic heterocycles. The predicted octanol–water partition coefficient (Wildman–Crippen LogP) is 2.86. The number of esters is 1. The Hall–Kier alpha value is -2.57. The van der Waals surface area contributed by atoms with E-state index in [0.29, 0.717) is 5.75 Å². The molecule has 1 heterocycles. The Balaban J connectivity index is 2.29. The van der Waals surface area contributed by atoms with E-state index in [0.717, 1.165) is 5.56 Å². The summed E-state index contributed by atoms with van der Waals surface area (Å²) >= 11 is 0. The molecule has 2 atom stereocenters. The second-order valence-electron chi connectivity index (χ2n) is 8.40. The maximum absolute atomic E-state index is 12.8. The van der Waals surface area contributed by atoms with Gasteiger partial charge in [0.25, 0.3) is 0 Å². The summed E-state index contributed by atoms with van der Waals surface area (Å²) in [7, 11) is 1.56. The maximum Gasteiger partial charge on any atom is 0.330 e. The lowest BCUT2D eigenvalue weighted by Crippen LogP contribution is -2.76. The first-order valence-corrected chi connectivity index (χ1v) is 9.33. The summed E-state index contributed by atoms with van der Waals surface area (Å²) in [5.74, 6) is -2.68. The molecule has 0 aliphatic carbocycles. The first kappa shape index (κ1) is 21.7. The number of nitrogens with zero attached hydrogens (tertiary/aromatic N) is 1. The van der Waals surface area contributed by atoms with Crippen molar-refractivity contribution in [3.63, 3.8) is 0 Å². The molecular formula is C21H29NO6. The van der Waals surface area contributed by atoms with Crippen molar-refractivity contribution in [2.45, 2.75) is 58.7 Å². The predicted molar refractivity (Wildman–Crippen MR) is 103 cm³/mol. The van der Waals surface area contributed by atoms with Crippen LogP contribution in [0.25, 0.3) is 0 Å². The summed E-state index contributed by atoms with van der Waals surface area (Å²) < 4.78 is 10.4. The van der Waals surface area contributed by atoms with Crippen LogP contribution in [0.1, 0.15) is 46.6 Å². The number of hydrogen-bond donors (Lipinski definition) is 1. The van der Waals surface area contributed by atoms with Crippen LogP contribution in [0.15, 0.2) is 24.3 Å². The highest BCUT2D eigenvalue weighted by molar-refractivity contribution is 6.02. The first-order chi connectivity index (χ1) is 12.9. The smallest absolute Gasteiger partial charge is 0.330 e. The molecule has 1 aromatic rings. The lowest BCUT2D eigenvalue weighted by molar-refractivity contribution is -0.199. The largest absolute Gasteiger partial charge is 0.497 e. The molecule has 0 unspecified atom stereocenters. The number of hydrogen-bond acceptors (Lipinski definition) is 5. The summed E-state index contributed by atoms with van der Waals surface area (Å²) in [5.41, 5.74) is -1.36. The summed E-state index contributed by atoms with van der Waals surface area (Å²) in [6.45, 7) is 8.86. The van der Waals surface area contributed by atoms with E-state index >= 15 is 0 Å². The van der Waals surface area contributed by atoms with Crippen LogP contribution in [0.4, 0.5) is 0 Å². The molecule has 28 heavy (non-hydrogen) atoms. The van der Waals surface area contributed by atoms with Gasteiger partial charge >= 0.3 is 11.9 Å². The summed E-state index contributed by atoms with van der Waals surface area (Å²) in [5, 5.41) is 10.1. The van der Waals surface area contributed by atoms with Gasteiger partial charge in [0.15, 0.2) is 5.54 Å². The van der Waals surface area contributed by atoms with Gasteiger partial charge in [0.2, 0.25) is 5.91 Å². The van der Waals surface area contributed by atoms with E-state index in [9.17, 15) is 19.5 Å². The van der Waals surface area contributed by atoms with E-state index in [1.807, 2.05) is 0 Å². The third-order valence-corrected chi connectivity index (χ3v) is 5.06. The number of carboxylic acid groups (broad SMARTS) is 1. The fourth-order valence-electron chi connectivity index (χ4n) is 3.82. The number of carbonyl (C=O) groups is 3. The number of carbonyl (C=O) groups excluding carboxylic acids is 2. The van der Waals surface area contributed by atoms with Crippen LogP contribution in [0, 0.1) is 11.8 Å². The second kappa shape index (κ2) is 7.81. The normalized spacial score (nSPS) is 22.0. The molecule has 2 rings (SSSR count). The molecule has 0 radical (unpaired) electrons. The number of ether oxygens (including phenoxy) is 2. The first-order valence-electron chi connectivity index (χ1n) is 9.33. The van der Waals surface area contributed by atoms with Gasteiger partial charge in [0.1, 0.15) is 11.4 Å². The molecule has 0 saturated carbocycles. The molecule has 1 aliphatic rings. The number of likely N-dealkylation sites (tertiary alicyclic amines) is 1. The Morgan fingerprint density at radius 2 is 1.79 bits per heavy atom. The Morgan fingerprint density at radius 1 is 1.21 bits per heavy atom. The minimum absolute atomic E-state index is 0.151. The van der Waals surface area contributed by atoms with Gasteiger partial charge < -0.3 is 19.5 Å². The molecular weight excluding hydrogens is 362 g/mol. The van der Waals surface area contributed by atoms with Gasteiger partial charge in [-0.25, -0.2) is 4.79 Å². The fourth-order valence-corrected chi connectivity index (χ4v) is 3.82. The number of benzene rings is 1. The highest BCUT2D eigenvalue weighted by atomic mass is 16.6. The van der Waals surface area contributed by atoms with Crippen molar-refractivity contribution in [1.82, 2.24) is 4.90 Å². The molecule has 7 nitrogen and oxygen atoms in total. The standard InChI is InChI=1S/C21H29NO6/c1-13(2)21(19(25)26)16(11-17(23)28-20(3,4)5)18(24)22(21)12-14-7-9-15(27-6)10-8-14/h7-10,13,16H,11-12H2,1-6H3,(H,25,26)/t16-,21-/m0/s1. The molecule has 1 N–H and O–H groups in total. The van der Waals surface area contributed by atoms with Crippen molar-refractivity contribution in [2.24, 2.45) is 11.8 Å². The molecule has 1 amide bonds. The number of carboxylic acids is 1. The number of methoxy groups -OCH3 is 1. The van der Waals surface area contributed by atoms with Gasteiger partial charge in [-0.1, -0.05) is 26.0 Å². The highest BCUT2D eigenvalue weighted by Crippen LogP contribution is 2.47. The number of aliphatic carboxylic acids is 1. The lowest BCUT2D eigenvalue weighted by atomic mass is 9.64. The van der Waals surface area contributed by atoms with Crippen molar-refractivity contribution in [3.05, 3.63) is 29.8 Å². The monoisotopic (exact) mass is 391 g/mol. The number of β-lactam (4-membered cyclic amide) rings is 1. The van der Waals surface area contributed by atoms with Crippen LogP contribution in [0.5, 0.6) is 5.75 Å². The molecule has 0 spiro atoms. The summed E-state index contributed by atoms with van der Waals surface area (Å²) in [6.07, 6.45) is -0.250. The van der Waals surface area contributed by atoms with Crippen molar-refractivity contribution in [2.75, 3.05) is 7.11 Å². The van der Waals surface area contributed by atoms with Crippen molar-refractivity contribution in [1.29, 1.82) is 0 Å². The topological polar surface area (TPSA) is 93.1 Å². The maximum atomic E-state index is 12.8. The van der Waals surface area contributed by atoms with Gasteiger partial charge in [-0.3, -0.25) is 9.59 Å². The lowest BCUT2D eigenvalue weighted by Gasteiger charge is -2.57. The zero-order valence-corrected chi connectivity index (χ0v) is 17.3. The van der Waals surface area contributed by atoms with Gasteiger partial charge in [0.05, 0.1) is 19.4 Å². The van der Waals surface area contributed by atoms with E-state index in [1.165, 1.54) is 4.90 Å². The SMILES string of the molecule is COc1ccc(CN2C(=O)[C@H](CC(=O)OC(C)(C)C)[C@]2(C(=O)O)C(C)C)cc1. The van der Waals surface area contributed by atoms with Crippen LogP contribution < -0.4 is 4.74 Å². The Morgan fingerprint density at radius 3 is 2.21 bits per heavy atom. The molecule has 1 saturated heterocycles. The number of amides is 1. The minimum atomic E-state index is -1.45. The van der Waals surface area contributed by atoms with Crippen LogP contribution in [0.2, 0.25) is 0 Å². The van der Waals surface area contributed by atoms with Gasteiger partial charge in [0, 0.05) is 6.54 Å². The average molecular weight is 391 g/mol. The van der Waals surface area contributed by atoms with Crippen molar-refractivity contribution in [3.8, 4) is 5.75 Å². The quantitative estimate of drug-likeness (QED) is 0.567. The third-order valence-electron chi connectivity index (χ3n) is 5.06. The van der Waals surface area contributed by atoms with Crippen molar-refractivity contribution < 1.29 is 29.0 Å². The zero-order valence-electron chi connectivity index (χ0n) is 17.3. The Kier molecular flexibility index (Phi) is 6.06. The molecule has 0 bridgehead atoms. The minimum Gasteiger partial charge on any atom is -0.497 e. The van der Waals surface area contributed by atoms with Crippen LogP contribution in [-0.2, 0) is 25.7 Å². The van der Waals surface area contributed by atoms with E-state index in [-0.39, 0.29) is 24.8 Å². The van der Waals surface area contributed by atoms with E-state index in [4.69, 9.17) is 9.47 Å². The highest BCUT2D eigenvalue weighted by Gasteiger charge is 2.67. The zero-order chi connectivity index (χ0) is 21.3. The molecule has 7 heteroatoms. The van der Waals surface area contributed by atoms with Crippen LogP contribution in [0.3, 0.4) is 0 Å². The fraction of sp³-hybridized carbons (Fsp3) is 0.571. The van der Waals surface area contributed by atoms with Gasteiger partial charge in [-0.05, 0) is 44.4 Å². The van der Waals surface area contributed by atoms with Crippen LogP contribution >= 0.6 is 0 Å². The molecule has 1 aliphatic heterocycles. The average Bonchev–Trinajstić information content (AvgIpc) is 2.58. The van der Waals surface area contributed by atoms with E-state index in [2.05, 4.69) is 0 Å². The summed E-state index contributed by atoms with van der Waals surface area (Å²) in [6, 6.07) is 7.10. The number of rotatable bonds is 7. The Labute approximate surface area is 165 Å². The molecule has 1 fully saturated rings. The van der Waals surface area contributed by atoms with Gasteiger partial charge in [-0.15, -0.1) is 0 Å². The van der Waals surface area contributed by atoms with E-state index < -0.39 is 29.0 Å². The van der Waals surface area contributed by atoms with Gasteiger partial charge in [-0.2, -0.15) is 0 Å². The summed E-state index contributed by atoms with van der Waals surface area (Å²) in [4.78, 5) is 38.8. The molecule has 154 valence electrons. The molecule has 1 aromatic carbocycles. The Bertz CT molecular complexity index is 749.